The summed E-state index contributed by atoms with van der Waals surface area (Å²) in [5.41, 5.74) is 2.64. The lowest BCUT2D eigenvalue weighted by atomic mass is 9.83. The predicted octanol–water partition coefficient (Wildman–Crippen LogP) is 3.29. The van der Waals surface area contributed by atoms with Crippen LogP contribution in [-0.4, -0.2) is 33.8 Å². The number of guanidine groups is 1. The molecule has 1 heterocycles. The fraction of sp³-hybridized carbons (Fsp3) is 0.550. The number of hydrogen-bond acceptors (Lipinski definition) is 3. The molecule has 0 atom stereocenters. The Kier molecular flexibility index (Phi) is 6.26. The molecule has 1 fully saturated rings. The molecule has 1 aromatic carbocycles. The van der Waals surface area contributed by atoms with Crippen molar-refractivity contribution >= 4 is 5.96 Å². The largest absolute Gasteiger partial charge is 0.357 e. The first-order valence-corrected chi connectivity index (χ1v) is 9.71. The van der Waals surface area contributed by atoms with Crippen LogP contribution in [0, 0.1) is 5.41 Å². The second-order valence-electron chi connectivity index (χ2n) is 7.12. The zero-order valence-electron chi connectivity index (χ0n) is 15.9. The van der Waals surface area contributed by atoms with Crippen LogP contribution >= 0.6 is 0 Å². The molecule has 2 aromatic rings. The number of aromatic nitrogens is 3. The van der Waals surface area contributed by atoms with Crippen molar-refractivity contribution in [2.75, 3.05) is 13.1 Å². The normalized spacial score (nSPS) is 16.6. The van der Waals surface area contributed by atoms with Crippen molar-refractivity contribution in [3.05, 3.63) is 42.5 Å². The summed E-state index contributed by atoms with van der Waals surface area (Å²) in [4.78, 5) is 8.74. The molecule has 0 amide bonds. The molecule has 140 valence electrons. The highest BCUT2D eigenvalue weighted by atomic mass is 15.3. The average molecular weight is 355 g/mol. The smallest absolute Gasteiger partial charge is 0.191 e. The third kappa shape index (κ3) is 4.62. The number of nitrogens with zero attached hydrogens (tertiary/aromatic N) is 4. The molecule has 0 radical (unpaired) electrons. The molecule has 0 aliphatic heterocycles. The fourth-order valence-electron chi connectivity index (χ4n) is 3.66. The molecule has 1 saturated carbocycles. The first kappa shape index (κ1) is 18.4. The van der Waals surface area contributed by atoms with E-state index in [0.717, 1.165) is 24.7 Å². The lowest BCUT2D eigenvalue weighted by Crippen LogP contribution is -2.42. The van der Waals surface area contributed by atoms with E-state index < -0.39 is 0 Å². The quantitative estimate of drug-likeness (QED) is 0.591. The Labute approximate surface area is 156 Å². The van der Waals surface area contributed by atoms with E-state index in [1.807, 2.05) is 12.1 Å². The highest BCUT2D eigenvalue weighted by Gasteiger charge is 2.31. The second kappa shape index (κ2) is 8.83. The van der Waals surface area contributed by atoms with Gasteiger partial charge in [-0.2, -0.15) is 5.10 Å². The van der Waals surface area contributed by atoms with Gasteiger partial charge < -0.3 is 10.6 Å². The van der Waals surface area contributed by atoms with E-state index in [9.17, 15) is 0 Å². The topological polar surface area (TPSA) is 67.1 Å². The molecular formula is C20H30N6. The lowest BCUT2D eigenvalue weighted by molar-refractivity contribution is 0.283. The molecule has 3 rings (SSSR count). The van der Waals surface area contributed by atoms with Crippen molar-refractivity contribution in [1.82, 2.24) is 25.4 Å². The zero-order valence-corrected chi connectivity index (χ0v) is 15.9. The van der Waals surface area contributed by atoms with E-state index >= 15 is 0 Å². The van der Waals surface area contributed by atoms with Gasteiger partial charge in [0.05, 0.1) is 12.2 Å². The van der Waals surface area contributed by atoms with Crippen molar-refractivity contribution in [3.63, 3.8) is 0 Å². The van der Waals surface area contributed by atoms with E-state index in [2.05, 4.69) is 46.7 Å². The number of hydrogen-bond donors (Lipinski definition) is 2. The number of benzene rings is 1. The monoisotopic (exact) mass is 354 g/mol. The van der Waals surface area contributed by atoms with Crippen molar-refractivity contribution in [1.29, 1.82) is 0 Å². The highest BCUT2D eigenvalue weighted by Crippen LogP contribution is 2.40. The Hall–Kier alpha value is -2.37. The lowest BCUT2D eigenvalue weighted by Gasteiger charge is -2.28. The Balaban J connectivity index is 1.59. The molecule has 26 heavy (non-hydrogen) atoms. The van der Waals surface area contributed by atoms with Crippen molar-refractivity contribution < 1.29 is 0 Å². The summed E-state index contributed by atoms with van der Waals surface area (Å²) in [5.74, 6) is 0.910. The zero-order chi connectivity index (χ0) is 18.2. The fourth-order valence-corrected chi connectivity index (χ4v) is 3.66. The maximum absolute atomic E-state index is 4.76. The third-order valence-corrected chi connectivity index (χ3v) is 5.43. The van der Waals surface area contributed by atoms with Gasteiger partial charge in [-0.1, -0.05) is 31.9 Å². The van der Waals surface area contributed by atoms with Crippen LogP contribution in [-0.2, 0) is 6.54 Å². The van der Waals surface area contributed by atoms with Gasteiger partial charge in [-0.05, 0) is 49.3 Å². The molecule has 0 bridgehead atoms. The molecule has 6 nitrogen and oxygen atoms in total. The standard InChI is InChI=1S/C20H30N6/c1-3-20(11-5-6-12-20)14-24-19(22-4-2)23-13-17-7-9-18(10-8-17)26-16-21-15-25-26/h7-10,15-16H,3-6,11-14H2,1-2H3,(H2,22,23,24). The Morgan fingerprint density at radius 3 is 2.54 bits per heavy atom. The molecule has 1 aliphatic rings. The summed E-state index contributed by atoms with van der Waals surface area (Å²) in [6, 6.07) is 8.28. The minimum atomic E-state index is 0.454. The van der Waals surface area contributed by atoms with Crippen LogP contribution in [0.25, 0.3) is 5.69 Å². The van der Waals surface area contributed by atoms with Crippen LogP contribution < -0.4 is 10.6 Å². The van der Waals surface area contributed by atoms with Crippen molar-refractivity contribution in [2.45, 2.75) is 52.5 Å². The first-order valence-electron chi connectivity index (χ1n) is 9.71. The summed E-state index contributed by atoms with van der Waals surface area (Å²) >= 11 is 0. The van der Waals surface area contributed by atoms with E-state index in [-0.39, 0.29) is 0 Å². The van der Waals surface area contributed by atoms with Crippen LogP contribution in [0.3, 0.4) is 0 Å². The summed E-state index contributed by atoms with van der Waals surface area (Å²) in [6.07, 6.45) is 9.87. The van der Waals surface area contributed by atoms with E-state index in [1.54, 1.807) is 17.3 Å². The summed E-state index contributed by atoms with van der Waals surface area (Å²) in [6.45, 7) is 6.96. The average Bonchev–Trinajstić information content (AvgIpc) is 3.37. The van der Waals surface area contributed by atoms with Gasteiger partial charge in [0.25, 0.3) is 0 Å². The second-order valence-corrected chi connectivity index (χ2v) is 7.12. The Bertz CT molecular complexity index is 684. The number of aliphatic imine (C=N–C) groups is 1. The molecule has 6 heteroatoms. The molecule has 2 N–H and O–H groups in total. The predicted molar refractivity (Wildman–Crippen MR) is 105 cm³/mol. The molecule has 0 saturated heterocycles. The highest BCUT2D eigenvalue weighted by molar-refractivity contribution is 5.79. The van der Waals surface area contributed by atoms with Crippen LogP contribution in [0.1, 0.15) is 51.5 Å². The molecule has 1 aromatic heterocycles. The minimum Gasteiger partial charge on any atom is -0.357 e. The van der Waals surface area contributed by atoms with Gasteiger partial charge in [-0.15, -0.1) is 0 Å². The molecule has 0 unspecified atom stereocenters. The third-order valence-electron chi connectivity index (χ3n) is 5.43. The summed E-state index contributed by atoms with van der Waals surface area (Å²) < 4.78 is 1.75. The van der Waals surface area contributed by atoms with E-state index in [0.29, 0.717) is 12.0 Å². The van der Waals surface area contributed by atoms with Crippen molar-refractivity contribution in [2.24, 2.45) is 10.4 Å². The number of rotatable bonds is 7. The Morgan fingerprint density at radius 2 is 1.92 bits per heavy atom. The maximum Gasteiger partial charge on any atom is 0.191 e. The number of nitrogens with one attached hydrogen (secondary N) is 2. The van der Waals surface area contributed by atoms with Gasteiger partial charge in [0.2, 0.25) is 0 Å². The van der Waals surface area contributed by atoms with E-state index in [4.69, 9.17) is 4.99 Å². The van der Waals surface area contributed by atoms with Gasteiger partial charge in [-0.25, -0.2) is 14.7 Å². The summed E-state index contributed by atoms with van der Waals surface area (Å²) in [5, 5.41) is 11.1. The van der Waals surface area contributed by atoms with Gasteiger partial charge >= 0.3 is 0 Å². The van der Waals surface area contributed by atoms with Crippen LogP contribution in [0.15, 0.2) is 41.9 Å². The maximum atomic E-state index is 4.76. The minimum absolute atomic E-state index is 0.454. The Morgan fingerprint density at radius 1 is 1.15 bits per heavy atom. The van der Waals surface area contributed by atoms with Crippen LogP contribution in [0.5, 0.6) is 0 Å². The SMILES string of the molecule is CCNC(=NCc1ccc(-n2cncn2)cc1)NCC1(CC)CCCC1. The summed E-state index contributed by atoms with van der Waals surface area (Å²) in [7, 11) is 0. The van der Waals surface area contributed by atoms with Gasteiger partial charge in [0.1, 0.15) is 12.7 Å². The van der Waals surface area contributed by atoms with Crippen LogP contribution in [0.4, 0.5) is 0 Å². The first-order chi connectivity index (χ1) is 12.7. The van der Waals surface area contributed by atoms with Gasteiger partial charge in [0.15, 0.2) is 5.96 Å². The van der Waals surface area contributed by atoms with Crippen molar-refractivity contribution in [3.8, 4) is 5.69 Å². The van der Waals surface area contributed by atoms with Gasteiger partial charge in [-0.3, -0.25) is 0 Å². The molecular weight excluding hydrogens is 324 g/mol. The molecule has 0 spiro atoms. The van der Waals surface area contributed by atoms with E-state index in [1.165, 1.54) is 37.7 Å². The molecule has 1 aliphatic carbocycles. The van der Waals surface area contributed by atoms with Crippen LogP contribution in [0.2, 0.25) is 0 Å². The van der Waals surface area contributed by atoms with Gasteiger partial charge in [0, 0.05) is 13.1 Å².